The Bertz CT molecular complexity index is 467. The molecule has 1 aliphatic rings. The summed E-state index contributed by atoms with van der Waals surface area (Å²) in [5.41, 5.74) is 0.158. The minimum atomic E-state index is -3.34. The van der Waals surface area contributed by atoms with E-state index in [9.17, 15) is 13.2 Å². The molecule has 3 nitrogen and oxygen atoms in total. The second-order valence-corrected chi connectivity index (χ2v) is 5.54. The number of benzene rings is 1. The van der Waals surface area contributed by atoms with Crippen molar-refractivity contribution >= 4 is 15.9 Å². The average molecular weight is 353 g/mol. The lowest BCUT2D eigenvalue weighted by Gasteiger charge is -2.39. The number of hydrogen-bond acceptors (Lipinski definition) is 3. The van der Waals surface area contributed by atoms with Gasteiger partial charge >= 0.3 is 0 Å². The highest BCUT2D eigenvalue weighted by Crippen LogP contribution is 2.40. The van der Waals surface area contributed by atoms with E-state index in [1.165, 1.54) is 18.2 Å². The molecule has 0 unspecified atom stereocenters. The maximum atomic E-state index is 14.1. The van der Waals surface area contributed by atoms with E-state index in [-0.39, 0.29) is 10.0 Å². The van der Waals surface area contributed by atoms with Gasteiger partial charge in [-0.2, -0.15) is 0 Å². The molecule has 1 fully saturated rings. The maximum Gasteiger partial charge on any atom is 0.289 e. The molecule has 0 amide bonds. The normalized spacial score (nSPS) is 19.1. The van der Waals surface area contributed by atoms with Crippen molar-refractivity contribution in [3.05, 3.63) is 34.1 Å². The van der Waals surface area contributed by atoms with Crippen LogP contribution >= 0.6 is 15.9 Å². The molecular formula is C13H16BrF3N2O. The third kappa shape index (κ3) is 3.16. The lowest BCUT2D eigenvalue weighted by molar-refractivity contribution is -0.118. The molecule has 0 aromatic heterocycles. The zero-order valence-corrected chi connectivity index (χ0v) is 12.3. The van der Waals surface area contributed by atoms with Crippen LogP contribution in [0.2, 0.25) is 0 Å². The quantitative estimate of drug-likeness (QED) is 0.871. The summed E-state index contributed by atoms with van der Waals surface area (Å²) in [6.45, 7) is 0.743. The summed E-state index contributed by atoms with van der Waals surface area (Å²) < 4.78 is 41.9. The molecule has 0 bridgehead atoms. The van der Waals surface area contributed by atoms with Crippen LogP contribution in [0, 0.1) is 5.82 Å². The Balaban J connectivity index is 2.42. The fourth-order valence-electron chi connectivity index (χ4n) is 2.45. The Morgan fingerprint density at radius 3 is 2.60 bits per heavy atom. The molecule has 1 heterocycles. The number of aliphatic hydroxyl groups excluding tert-OH is 1. The van der Waals surface area contributed by atoms with Gasteiger partial charge in [0.1, 0.15) is 18.5 Å². The van der Waals surface area contributed by atoms with E-state index in [0.29, 0.717) is 26.2 Å². The molecule has 2 rings (SSSR count). The zero-order valence-electron chi connectivity index (χ0n) is 10.8. The molecule has 1 saturated heterocycles. The van der Waals surface area contributed by atoms with Gasteiger partial charge in [-0.3, -0.25) is 4.90 Å². The van der Waals surface area contributed by atoms with Crippen molar-refractivity contribution in [3.8, 4) is 0 Å². The smallest absolute Gasteiger partial charge is 0.289 e. The van der Waals surface area contributed by atoms with Crippen LogP contribution in [-0.4, -0.2) is 48.7 Å². The summed E-state index contributed by atoms with van der Waals surface area (Å²) in [6, 6.07) is 2.72. The van der Waals surface area contributed by atoms with Gasteiger partial charge in [0.25, 0.3) is 5.92 Å². The van der Waals surface area contributed by atoms with Crippen molar-refractivity contribution in [2.24, 2.45) is 0 Å². The summed E-state index contributed by atoms with van der Waals surface area (Å²) >= 11 is 3.04. The first-order valence-corrected chi connectivity index (χ1v) is 7.14. The second-order valence-electron chi connectivity index (χ2n) is 4.75. The predicted molar refractivity (Wildman–Crippen MR) is 73.3 cm³/mol. The Morgan fingerprint density at radius 1 is 1.35 bits per heavy atom. The van der Waals surface area contributed by atoms with E-state index >= 15 is 0 Å². The van der Waals surface area contributed by atoms with E-state index in [1.54, 1.807) is 4.90 Å². The minimum absolute atomic E-state index is 0.0247. The number of rotatable bonds is 4. The molecule has 112 valence electrons. The second kappa shape index (κ2) is 6.43. The molecule has 0 saturated carbocycles. The molecule has 7 heteroatoms. The summed E-state index contributed by atoms with van der Waals surface area (Å²) in [4.78, 5) is 1.58. The van der Waals surface area contributed by atoms with Crippen molar-refractivity contribution < 1.29 is 18.3 Å². The third-order valence-electron chi connectivity index (χ3n) is 3.40. The number of alkyl halides is 2. The SMILES string of the molecule is OCC(F)(F)[C@@H](c1cccc(F)c1Br)N1CCNCC1. The standard InChI is InChI=1S/C13H16BrF3N2O/c14-11-9(2-1-3-10(11)15)12(13(16,17)8-20)19-6-4-18-5-7-19/h1-3,12,18,20H,4-8H2/t12-/m1/s1. The number of halogens is 4. The number of aliphatic hydroxyl groups is 1. The molecule has 0 aliphatic carbocycles. The van der Waals surface area contributed by atoms with E-state index in [4.69, 9.17) is 5.11 Å². The van der Waals surface area contributed by atoms with Gasteiger partial charge in [0.15, 0.2) is 0 Å². The molecule has 2 N–H and O–H groups in total. The molecule has 1 aromatic rings. The number of nitrogens with zero attached hydrogens (tertiary/aromatic N) is 1. The van der Waals surface area contributed by atoms with Crippen LogP contribution in [0.1, 0.15) is 11.6 Å². The van der Waals surface area contributed by atoms with Crippen LogP contribution in [0.5, 0.6) is 0 Å². The molecule has 1 aromatic carbocycles. The summed E-state index contributed by atoms with van der Waals surface area (Å²) in [5.74, 6) is -3.93. The van der Waals surface area contributed by atoms with Crippen molar-refractivity contribution in [1.82, 2.24) is 10.2 Å². The van der Waals surface area contributed by atoms with E-state index in [1.807, 2.05) is 0 Å². The number of hydrogen-bond donors (Lipinski definition) is 2. The summed E-state index contributed by atoms with van der Waals surface area (Å²) in [6.07, 6.45) is 0. The average Bonchev–Trinajstić information content (AvgIpc) is 2.45. The zero-order chi connectivity index (χ0) is 14.8. The first-order valence-electron chi connectivity index (χ1n) is 6.34. The van der Waals surface area contributed by atoms with Crippen molar-refractivity contribution in [1.29, 1.82) is 0 Å². The van der Waals surface area contributed by atoms with E-state index in [2.05, 4.69) is 21.2 Å². The van der Waals surface area contributed by atoms with Crippen molar-refractivity contribution in [2.45, 2.75) is 12.0 Å². The Labute approximate surface area is 123 Å². The van der Waals surface area contributed by atoms with Gasteiger partial charge in [-0.05, 0) is 27.6 Å². The van der Waals surface area contributed by atoms with Gasteiger partial charge in [-0.25, -0.2) is 13.2 Å². The molecule has 20 heavy (non-hydrogen) atoms. The Kier molecular flexibility index (Phi) is 5.06. The van der Waals surface area contributed by atoms with E-state index < -0.39 is 24.4 Å². The fourth-order valence-corrected chi connectivity index (χ4v) is 2.93. The summed E-state index contributed by atoms with van der Waals surface area (Å²) in [7, 11) is 0. The lowest BCUT2D eigenvalue weighted by Crippen LogP contribution is -2.51. The monoisotopic (exact) mass is 352 g/mol. The summed E-state index contributed by atoms with van der Waals surface area (Å²) in [5, 5.41) is 12.1. The Morgan fingerprint density at radius 2 is 2.00 bits per heavy atom. The molecule has 1 atom stereocenters. The van der Waals surface area contributed by atoms with Gasteiger partial charge in [0.05, 0.1) is 4.47 Å². The number of nitrogens with one attached hydrogen (secondary N) is 1. The number of piperazine rings is 1. The van der Waals surface area contributed by atoms with Crippen molar-refractivity contribution in [2.75, 3.05) is 32.8 Å². The van der Waals surface area contributed by atoms with E-state index in [0.717, 1.165) is 0 Å². The van der Waals surface area contributed by atoms with Crippen LogP contribution in [0.15, 0.2) is 22.7 Å². The highest BCUT2D eigenvalue weighted by molar-refractivity contribution is 9.10. The van der Waals surface area contributed by atoms with Crippen LogP contribution in [0.25, 0.3) is 0 Å². The largest absolute Gasteiger partial charge is 0.390 e. The fraction of sp³-hybridized carbons (Fsp3) is 0.538. The van der Waals surface area contributed by atoms with Crippen LogP contribution in [-0.2, 0) is 0 Å². The molecule has 0 radical (unpaired) electrons. The first kappa shape index (κ1) is 15.8. The van der Waals surface area contributed by atoms with Gasteiger partial charge < -0.3 is 10.4 Å². The van der Waals surface area contributed by atoms with Gasteiger partial charge in [-0.1, -0.05) is 12.1 Å². The predicted octanol–water partition coefficient (Wildman–Crippen LogP) is 2.16. The molecular weight excluding hydrogens is 337 g/mol. The molecule has 0 spiro atoms. The maximum absolute atomic E-state index is 14.1. The van der Waals surface area contributed by atoms with Crippen molar-refractivity contribution in [3.63, 3.8) is 0 Å². The van der Waals surface area contributed by atoms with Gasteiger partial charge in [0.2, 0.25) is 0 Å². The highest BCUT2D eigenvalue weighted by Gasteiger charge is 2.45. The van der Waals surface area contributed by atoms with Crippen LogP contribution in [0.3, 0.4) is 0 Å². The van der Waals surface area contributed by atoms with Crippen LogP contribution in [0.4, 0.5) is 13.2 Å². The molecule has 1 aliphatic heterocycles. The topological polar surface area (TPSA) is 35.5 Å². The van der Waals surface area contributed by atoms with Gasteiger partial charge in [-0.15, -0.1) is 0 Å². The minimum Gasteiger partial charge on any atom is -0.390 e. The lowest BCUT2D eigenvalue weighted by atomic mass is 9.98. The Hall–Kier alpha value is -0.630. The van der Waals surface area contributed by atoms with Crippen LogP contribution < -0.4 is 5.32 Å². The first-order chi connectivity index (χ1) is 9.47. The highest BCUT2D eigenvalue weighted by atomic mass is 79.9. The third-order valence-corrected chi connectivity index (χ3v) is 4.24. The van der Waals surface area contributed by atoms with Gasteiger partial charge in [0, 0.05) is 26.2 Å².